The lowest BCUT2D eigenvalue weighted by molar-refractivity contribution is 0.0975. The van der Waals surface area contributed by atoms with Gasteiger partial charge in [0.15, 0.2) is 5.82 Å². The number of piperidine rings is 1. The van der Waals surface area contributed by atoms with Crippen molar-refractivity contribution < 1.29 is 9.84 Å². The van der Waals surface area contributed by atoms with Gasteiger partial charge in [-0.25, -0.2) is 4.98 Å². The number of hydrogen-bond donors (Lipinski definition) is 1. The summed E-state index contributed by atoms with van der Waals surface area (Å²) in [6.45, 7) is 11.1. The number of rotatable bonds is 4. The number of benzene rings is 1. The number of aromatic nitrogens is 4. The summed E-state index contributed by atoms with van der Waals surface area (Å²) in [7, 11) is 2.14. The summed E-state index contributed by atoms with van der Waals surface area (Å²) in [4.78, 5) is 13.0. The average molecular weight is 526 g/mol. The lowest BCUT2D eigenvalue weighted by Crippen LogP contribution is -2.38. The molecule has 37 heavy (non-hydrogen) atoms. The highest BCUT2D eigenvalue weighted by atomic mass is 32.1. The molecule has 2 fully saturated rings. The van der Waals surface area contributed by atoms with Gasteiger partial charge in [-0.15, -0.1) is 21.5 Å². The van der Waals surface area contributed by atoms with Crippen molar-refractivity contribution in [1.29, 1.82) is 0 Å². The summed E-state index contributed by atoms with van der Waals surface area (Å²) in [6, 6.07) is 6.36. The van der Waals surface area contributed by atoms with Gasteiger partial charge >= 0.3 is 0 Å². The van der Waals surface area contributed by atoms with Gasteiger partial charge in [0, 0.05) is 67.6 Å². The van der Waals surface area contributed by atoms with E-state index >= 15 is 0 Å². The molecule has 1 N–H and O–H groups in total. The Bertz CT molecular complexity index is 1180. The number of morpholine rings is 1. The third-order valence-corrected chi connectivity index (χ3v) is 8.44. The lowest BCUT2D eigenvalue weighted by Gasteiger charge is -2.35. The van der Waals surface area contributed by atoms with Gasteiger partial charge in [-0.05, 0) is 43.3 Å². The molecule has 0 saturated carbocycles. The Labute approximate surface area is 223 Å². The summed E-state index contributed by atoms with van der Waals surface area (Å²) in [6.07, 6.45) is 3.67. The van der Waals surface area contributed by atoms with Crippen LogP contribution in [0.1, 0.15) is 54.8 Å². The maximum atomic E-state index is 11.3. The SMILES string of the molecule is CCC.CN1CCc2nc(C(O)C3CCCN(c4nnnc5cc(N6CCOCC6)ccc45)C3)sc2C1. The minimum atomic E-state index is -0.544. The second-order valence-electron chi connectivity index (χ2n) is 10.3. The van der Waals surface area contributed by atoms with Crippen LogP contribution in [0.25, 0.3) is 10.9 Å². The van der Waals surface area contributed by atoms with Crippen LogP contribution in [0.3, 0.4) is 0 Å². The van der Waals surface area contributed by atoms with Crippen LogP contribution in [0.2, 0.25) is 0 Å². The van der Waals surface area contributed by atoms with Crippen LogP contribution in [0, 0.1) is 5.92 Å². The van der Waals surface area contributed by atoms with Crippen molar-refractivity contribution >= 4 is 33.7 Å². The van der Waals surface area contributed by atoms with E-state index < -0.39 is 6.10 Å². The summed E-state index contributed by atoms with van der Waals surface area (Å²) in [5, 5.41) is 26.0. The second-order valence-corrected chi connectivity index (χ2v) is 11.4. The maximum Gasteiger partial charge on any atom is 0.162 e. The Balaban J connectivity index is 0.000000892. The van der Waals surface area contributed by atoms with Gasteiger partial charge in [0.05, 0.1) is 18.9 Å². The van der Waals surface area contributed by atoms with E-state index in [9.17, 15) is 5.11 Å². The van der Waals surface area contributed by atoms with E-state index in [0.717, 1.165) is 99.2 Å². The average Bonchev–Trinajstić information content (AvgIpc) is 3.36. The summed E-state index contributed by atoms with van der Waals surface area (Å²) >= 11 is 1.68. The molecule has 0 amide bonds. The highest BCUT2D eigenvalue weighted by molar-refractivity contribution is 7.11. The smallest absolute Gasteiger partial charge is 0.162 e. The minimum absolute atomic E-state index is 0.122. The number of nitrogens with zero attached hydrogens (tertiary/aromatic N) is 7. The van der Waals surface area contributed by atoms with Crippen LogP contribution < -0.4 is 9.80 Å². The van der Waals surface area contributed by atoms with Crippen molar-refractivity contribution in [2.75, 3.05) is 62.8 Å². The van der Waals surface area contributed by atoms with Gasteiger partial charge in [0.25, 0.3) is 0 Å². The molecule has 6 rings (SSSR count). The Morgan fingerprint density at radius 2 is 1.92 bits per heavy atom. The Morgan fingerprint density at radius 3 is 2.73 bits per heavy atom. The van der Waals surface area contributed by atoms with Crippen molar-refractivity contribution in [2.45, 2.75) is 52.2 Å². The van der Waals surface area contributed by atoms with Gasteiger partial charge in [-0.1, -0.05) is 20.3 Å². The molecule has 2 aromatic heterocycles. The largest absolute Gasteiger partial charge is 0.386 e. The highest BCUT2D eigenvalue weighted by Gasteiger charge is 2.32. The first kappa shape index (κ1) is 26.2. The van der Waals surface area contributed by atoms with E-state index in [1.54, 1.807) is 11.3 Å². The Morgan fingerprint density at radius 1 is 1.11 bits per heavy atom. The van der Waals surface area contributed by atoms with Crippen molar-refractivity contribution in [3.63, 3.8) is 0 Å². The van der Waals surface area contributed by atoms with Gasteiger partial charge in [-0.2, -0.15) is 0 Å². The van der Waals surface area contributed by atoms with Gasteiger partial charge in [0.1, 0.15) is 16.6 Å². The molecule has 5 heterocycles. The molecule has 3 aliphatic rings. The molecule has 2 saturated heterocycles. The molecule has 200 valence electrons. The molecule has 0 aliphatic carbocycles. The van der Waals surface area contributed by atoms with Crippen molar-refractivity contribution in [1.82, 2.24) is 25.3 Å². The molecule has 0 radical (unpaired) electrons. The molecule has 0 bridgehead atoms. The minimum Gasteiger partial charge on any atom is -0.386 e. The van der Waals surface area contributed by atoms with Crippen LogP contribution >= 0.6 is 11.3 Å². The molecule has 10 heteroatoms. The zero-order chi connectivity index (χ0) is 25.8. The zero-order valence-electron chi connectivity index (χ0n) is 22.3. The highest BCUT2D eigenvalue weighted by Crippen LogP contribution is 2.37. The fraction of sp³-hybridized carbons (Fsp3) is 0.630. The van der Waals surface area contributed by atoms with Gasteiger partial charge < -0.3 is 24.5 Å². The van der Waals surface area contributed by atoms with E-state index in [-0.39, 0.29) is 5.92 Å². The monoisotopic (exact) mass is 525 g/mol. The van der Waals surface area contributed by atoms with Crippen molar-refractivity contribution in [2.24, 2.45) is 5.92 Å². The number of hydrogen-bond acceptors (Lipinski definition) is 10. The van der Waals surface area contributed by atoms with E-state index in [0.29, 0.717) is 0 Å². The molecule has 1 aromatic carbocycles. The maximum absolute atomic E-state index is 11.3. The van der Waals surface area contributed by atoms with E-state index in [4.69, 9.17) is 9.72 Å². The molecule has 3 aliphatic heterocycles. The summed E-state index contributed by atoms with van der Waals surface area (Å²) < 4.78 is 5.48. The van der Waals surface area contributed by atoms with Crippen LogP contribution in [0.15, 0.2) is 18.2 Å². The van der Waals surface area contributed by atoms with Crippen molar-refractivity contribution in [3.8, 4) is 0 Å². The molecular weight excluding hydrogens is 486 g/mol. The quantitative estimate of drug-likeness (QED) is 0.548. The fourth-order valence-corrected chi connectivity index (χ4v) is 6.61. The standard InChI is InChI=1S/C24H31N7O2S.C3H8/c1-29-8-6-19-21(15-29)34-24(25-19)22(32)16-3-2-7-31(14-16)23-18-5-4-17(13-20(18)26-28-27-23)30-9-11-33-12-10-30;1-3-2/h4-5,13,16,22,32H,2-3,6-12,14-15H2,1H3;3H2,1-2H3. The van der Waals surface area contributed by atoms with Gasteiger partial charge in [-0.3, -0.25) is 0 Å². The summed E-state index contributed by atoms with van der Waals surface area (Å²) in [5.41, 5.74) is 3.17. The predicted molar refractivity (Wildman–Crippen MR) is 148 cm³/mol. The number of anilines is 2. The number of likely N-dealkylation sites (N-methyl/N-ethyl adjacent to an activating group) is 1. The van der Waals surface area contributed by atoms with E-state index in [1.165, 1.54) is 17.0 Å². The topological polar surface area (TPSA) is 90.7 Å². The molecule has 9 nitrogen and oxygen atoms in total. The third kappa shape index (κ3) is 5.87. The fourth-order valence-electron chi connectivity index (χ4n) is 5.34. The Kier molecular flexibility index (Phi) is 8.49. The van der Waals surface area contributed by atoms with Crippen LogP contribution in [-0.4, -0.2) is 83.4 Å². The molecule has 2 atom stereocenters. The first-order valence-electron chi connectivity index (χ1n) is 13.6. The van der Waals surface area contributed by atoms with Crippen LogP contribution in [0.4, 0.5) is 11.5 Å². The van der Waals surface area contributed by atoms with Crippen LogP contribution in [-0.2, 0) is 17.7 Å². The zero-order valence-corrected chi connectivity index (χ0v) is 23.1. The number of thiazole rings is 1. The first-order chi connectivity index (χ1) is 18.1. The first-order valence-corrected chi connectivity index (χ1v) is 14.4. The molecule has 0 spiro atoms. The normalized spacial score (nSPS) is 21.4. The van der Waals surface area contributed by atoms with E-state index in [2.05, 4.69) is 69.2 Å². The number of aliphatic hydroxyl groups is 1. The predicted octanol–water partition coefficient (Wildman–Crippen LogP) is 3.67. The second kappa shape index (κ2) is 12.0. The number of aliphatic hydroxyl groups excluding tert-OH is 1. The molecule has 3 aromatic rings. The number of ether oxygens (including phenoxy) is 1. The Hall–Kier alpha value is -2.40. The lowest BCUT2D eigenvalue weighted by atomic mass is 9.92. The molecular formula is C27H39N7O2S. The van der Waals surface area contributed by atoms with Crippen molar-refractivity contribution in [3.05, 3.63) is 33.8 Å². The number of fused-ring (bicyclic) bond motifs is 2. The summed E-state index contributed by atoms with van der Waals surface area (Å²) in [5.74, 6) is 0.979. The van der Waals surface area contributed by atoms with Crippen LogP contribution in [0.5, 0.6) is 0 Å². The van der Waals surface area contributed by atoms with E-state index in [1.807, 2.05) is 0 Å². The molecule has 2 unspecified atom stereocenters. The third-order valence-electron chi connectivity index (χ3n) is 7.29. The van der Waals surface area contributed by atoms with Gasteiger partial charge in [0.2, 0.25) is 0 Å².